The van der Waals surface area contributed by atoms with Crippen molar-refractivity contribution in [1.82, 2.24) is 9.55 Å². The quantitative estimate of drug-likeness (QED) is 0.490. The summed E-state index contributed by atoms with van der Waals surface area (Å²) in [6.45, 7) is 8.53. The van der Waals surface area contributed by atoms with E-state index in [1.54, 1.807) is 0 Å². The minimum Gasteiger partial charge on any atom is -0.455 e. The summed E-state index contributed by atoms with van der Waals surface area (Å²) in [5.74, 6) is -0.781. The Balaban J connectivity index is 2.14. The number of nitrogen functional groups attached to an aromatic ring is 1. The molecule has 0 unspecified atom stereocenters. The first-order valence-electron chi connectivity index (χ1n) is 12.1. The van der Waals surface area contributed by atoms with Crippen LogP contribution in [-0.4, -0.2) is 48.3 Å². The van der Waals surface area contributed by atoms with E-state index < -0.39 is 29.7 Å². The SMILES string of the molecule is CCCCn1c(N)c(N(CCOC)C(=O)COC(=O)C2CCC(C(C)(C)C)CC2)c(=O)[nH]c1=O. The molecule has 10 heteroatoms. The molecule has 1 saturated carbocycles. The molecule has 1 amide bonds. The molecule has 1 aliphatic carbocycles. The number of nitrogens with two attached hydrogens (primary N) is 1. The van der Waals surface area contributed by atoms with E-state index in [-0.39, 0.29) is 36.0 Å². The minimum atomic E-state index is -0.772. The average molecular weight is 481 g/mol. The second-order valence-electron chi connectivity index (χ2n) is 10.1. The van der Waals surface area contributed by atoms with E-state index in [2.05, 4.69) is 25.8 Å². The summed E-state index contributed by atoms with van der Waals surface area (Å²) in [5.41, 5.74) is 4.82. The van der Waals surface area contributed by atoms with Crippen LogP contribution in [0.4, 0.5) is 11.5 Å². The zero-order valence-corrected chi connectivity index (χ0v) is 21.1. The van der Waals surface area contributed by atoms with Gasteiger partial charge >= 0.3 is 11.7 Å². The number of H-pyrrole nitrogens is 1. The normalized spacial score (nSPS) is 18.5. The van der Waals surface area contributed by atoms with Crippen molar-refractivity contribution in [3.05, 3.63) is 20.8 Å². The number of hydrogen-bond donors (Lipinski definition) is 2. The van der Waals surface area contributed by atoms with Gasteiger partial charge in [0.15, 0.2) is 12.3 Å². The monoisotopic (exact) mass is 480 g/mol. The number of ether oxygens (including phenoxy) is 2. The number of amides is 1. The zero-order chi connectivity index (χ0) is 25.5. The van der Waals surface area contributed by atoms with Crippen molar-refractivity contribution in [2.75, 3.05) is 37.5 Å². The highest BCUT2D eigenvalue weighted by molar-refractivity contribution is 5.97. The summed E-state index contributed by atoms with van der Waals surface area (Å²) >= 11 is 0. The van der Waals surface area contributed by atoms with E-state index in [0.29, 0.717) is 18.9 Å². The van der Waals surface area contributed by atoms with Crippen LogP contribution in [0.15, 0.2) is 9.59 Å². The van der Waals surface area contributed by atoms with Gasteiger partial charge in [0, 0.05) is 20.2 Å². The molecule has 0 aliphatic heterocycles. The van der Waals surface area contributed by atoms with Gasteiger partial charge in [-0.3, -0.25) is 28.8 Å². The van der Waals surface area contributed by atoms with Gasteiger partial charge in [-0.05, 0) is 43.4 Å². The molecule has 10 nitrogen and oxygen atoms in total. The number of anilines is 2. The Bertz CT molecular complexity index is 954. The molecule has 192 valence electrons. The number of carbonyl (C=O) groups is 2. The Kier molecular flexibility index (Phi) is 9.90. The summed E-state index contributed by atoms with van der Waals surface area (Å²) in [7, 11) is 1.46. The van der Waals surface area contributed by atoms with Crippen molar-refractivity contribution < 1.29 is 19.1 Å². The molecule has 1 heterocycles. The molecule has 1 aromatic rings. The molecule has 3 N–H and O–H groups in total. The highest BCUT2D eigenvalue weighted by Gasteiger charge is 2.33. The van der Waals surface area contributed by atoms with Gasteiger partial charge in [0.1, 0.15) is 5.82 Å². The number of hydrogen-bond acceptors (Lipinski definition) is 7. The van der Waals surface area contributed by atoms with E-state index >= 15 is 0 Å². The molecule has 2 rings (SSSR count). The lowest BCUT2D eigenvalue weighted by molar-refractivity contribution is -0.153. The molecule has 1 aliphatic rings. The van der Waals surface area contributed by atoms with Crippen molar-refractivity contribution >= 4 is 23.4 Å². The van der Waals surface area contributed by atoms with Crippen LogP contribution in [0.5, 0.6) is 0 Å². The Morgan fingerprint density at radius 2 is 1.82 bits per heavy atom. The van der Waals surface area contributed by atoms with E-state index in [4.69, 9.17) is 15.2 Å². The number of esters is 1. The predicted molar refractivity (Wildman–Crippen MR) is 131 cm³/mol. The van der Waals surface area contributed by atoms with Gasteiger partial charge in [0.05, 0.1) is 12.5 Å². The lowest BCUT2D eigenvalue weighted by Crippen LogP contribution is -2.44. The van der Waals surface area contributed by atoms with Gasteiger partial charge in [-0.25, -0.2) is 4.79 Å². The second kappa shape index (κ2) is 12.2. The summed E-state index contributed by atoms with van der Waals surface area (Å²) in [6, 6.07) is 0. The maximum absolute atomic E-state index is 13.0. The van der Waals surface area contributed by atoms with Gasteiger partial charge in [0.2, 0.25) is 0 Å². The zero-order valence-electron chi connectivity index (χ0n) is 21.1. The van der Waals surface area contributed by atoms with Crippen LogP contribution < -0.4 is 21.9 Å². The maximum atomic E-state index is 13.0. The molecule has 34 heavy (non-hydrogen) atoms. The summed E-state index contributed by atoms with van der Waals surface area (Å²) in [5, 5.41) is 0. The molecule has 0 bridgehead atoms. The van der Waals surface area contributed by atoms with Gasteiger partial charge in [0.25, 0.3) is 11.5 Å². The van der Waals surface area contributed by atoms with Crippen LogP contribution in [0.3, 0.4) is 0 Å². The number of aromatic nitrogens is 2. The summed E-state index contributed by atoms with van der Waals surface area (Å²) in [4.78, 5) is 53.9. The van der Waals surface area contributed by atoms with Crippen LogP contribution in [0.25, 0.3) is 0 Å². The number of rotatable bonds is 10. The topological polar surface area (TPSA) is 137 Å². The summed E-state index contributed by atoms with van der Waals surface area (Å²) < 4.78 is 11.7. The van der Waals surface area contributed by atoms with Gasteiger partial charge in [-0.2, -0.15) is 0 Å². The standard InChI is InChI=1S/C24H40N4O6/c1-6-7-12-28-20(25)19(21(30)26-23(28)32)27(13-14-33-5)18(29)15-34-22(31)16-8-10-17(11-9-16)24(2,3)4/h16-17H,6-15,25H2,1-5H3,(H,26,30,32). The molecule has 0 aromatic carbocycles. The Hall–Kier alpha value is -2.62. The van der Waals surface area contributed by atoms with Gasteiger partial charge in [-0.15, -0.1) is 0 Å². The van der Waals surface area contributed by atoms with Crippen molar-refractivity contribution in [2.24, 2.45) is 17.3 Å². The minimum absolute atomic E-state index is 0.0167. The number of unbranched alkanes of at least 4 members (excludes halogenated alkanes) is 1. The molecule has 0 atom stereocenters. The smallest absolute Gasteiger partial charge is 0.330 e. The molecular weight excluding hydrogens is 440 g/mol. The summed E-state index contributed by atoms with van der Waals surface area (Å²) in [6.07, 6.45) is 4.86. The first-order valence-corrected chi connectivity index (χ1v) is 12.1. The number of aromatic amines is 1. The van der Waals surface area contributed by atoms with E-state index in [9.17, 15) is 19.2 Å². The molecule has 0 saturated heterocycles. The third kappa shape index (κ3) is 6.94. The van der Waals surface area contributed by atoms with E-state index in [1.165, 1.54) is 11.7 Å². The lowest BCUT2D eigenvalue weighted by Gasteiger charge is -2.36. The van der Waals surface area contributed by atoms with Crippen LogP contribution >= 0.6 is 0 Å². The maximum Gasteiger partial charge on any atom is 0.330 e. The Morgan fingerprint density at radius 3 is 2.38 bits per heavy atom. The second-order valence-corrected chi connectivity index (χ2v) is 10.1. The first kappa shape index (κ1) is 27.6. The highest BCUT2D eigenvalue weighted by Crippen LogP contribution is 2.40. The molecule has 1 aromatic heterocycles. The molecular formula is C24H40N4O6. The Morgan fingerprint density at radius 1 is 1.18 bits per heavy atom. The van der Waals surface area contributed by atoms with Crippen molar-refractivity contribution in [2.45, 2.75) is 72.8 Å². The van der Waals surface area contributed by atoms with Crippen LogP contribution in [-0.2, 0) is 25.6 Å². The fraction of sp³-hybridized carbons (Fsp3) is 0.750. The van der Waals surface area contributed by atoms with Crippen molar-refractivity contribution in [3.8, 4) is 0 Å². The fourth-order valence-electron chi connectivity index (χ4n) is 4.44. The van der Waals surface area contributed by atoms with Crippen molar-refractivity contribution in [3.63, 3.8) is 0 Å². The van der Waals surface area contributed by atoms with Crippen LogP contribution in [0, 0.1) is 17.3 Å². The first-order chi connectivity index (χ1) is 16.0. The fourth-order valence-corrected chi connectivity index (χ4v) is 4.44. The third-order valence-corrected chi connectivity index (χ3v) is 6.66. The Labute approximate surface area is 200 Å². The lowest BCUT2D eigenvalue weighted by atomic mass is 9.70. The number of nitrogens with zero attached hydrogens (tertiary/aromatic N) is 2. The average Bonchev–Trinajstić information content (AvgIpc) is 2.78. The van der Waals surface area contributed by atoms with Crippen LogP contribution in [0.1, 0.15) is 66.2 Å². The van der Waals surface area contributed by atoms with Gasteiger partial charge in [-0.1, -0.05) is 34.1 Å². The van der Waals surface area contributed by atoms with E-state index in [0.717, 1.165) is 37.0 Å². The third-order valence-electron chi connectivity index (χ3n) is 6.66. The number of nitrogens with one attached hydrogen (secondary N) is 1. The van der Waals surface area contributed by atoms with Gasteiger partial charge < -0.3 is 15.2 Å². The number of carbonyl (C=O) groups excluding carboxylic acids is 2. The highest BCUT2D eigenvalue weighted by atomic mass is 16.5. The molecule has 1 fully saturated rings. The van der Waals surface area contributed by atoms with Crippen LogP contribution in [0.2, 0.25) is 0 Å². The largest absolute Gasteiger partial charge is 0.455 e. The predicted octanol–water partition coefficient (Wildman–Crippen LogP) is 2.29. The van der Waals surface area contributed by atoms with Crippen molar-refractivity contribution in [1.29, 1.82) is 0 Å². The molecule has 0 spiro atoms. The molecule has 0 radical (unpaired) electrons. The van der Waals surface area contributed by atoms with E-state index in [1.807, 2.05) is 6.92 Å². The number of methoxy groups -OCH3 is 1.